The van der Waals surface area contributed by atoms with Crippen LogP contribution in [0.4, 0.5) is 0 Å². The first-order valence-electron chi connectivity index (χ1n) is 7.92. The van der Waals surface area contributed by atoms with Crippen LogP contribution in [0.2, 0.25) is 0 Å². The Morgan fingerprint density at radius 3 is 2.59 bits per heavy atom. The molecule has 2 aromatic rings. The van der Waals surface area contributed by atoms with Crippen molar-refractivity contribution in [3.05, 3.63) is 65.7 Å². The van der Waals surface area contributed by atoms with E-state index < -0.39 is 6.10 Å². The molecule has 2 N–H and O–H groups in total. The van der Waals surface area contributed by atoms with E-state index in [4.69, 9.17) is 4.74 Å². The van der Waals surface area contributed by atoms with Gasteiger partial charge >= 0.3 is 0 Å². The highest BCUT2D eigenvalue weighted by atomic mass is 16.5. The van der Waals surface area contributed by atoms with E-state index in [-0.39, 0.29) is 0 Å². The molecular formula is C19H25NO2. The Balaban J connectivity index is 1.62. The molecular weight excluding hydrogens is 274 g/mol. The topological polar surface area (TPSA) is 41.5 Å². The molecule has 0 amide bonds. The molecule has 0 spiro atoms. The molecule has 0 heterocycles. The maximum absolute atomic E-state index is 9.95. The van der Waals surface area contributed by atoms with Crippen LogP contribution in [-0.2, 0) is 12.8 Å². The first-order chi connectivity index (χ1) is 10.8. The van der Waals surface area contributed by atoms with Gasteiger partial charge in [-0.3, -0.25) is 0 Å². The van der Waals surface area contributed by atoms with Crippen molar-refractivity contribution in [2.45, 2.75) is 25.9 Å². The number of aryl methyl sites for hydroxylation is 1. The van der Waals surface area contributed by atoms with Crippen LogP contribution >= 0.6 is 0 Å². The summed E-state index contributed by atoms with van der Waals surface area (Å²) in [6.07, 6.45) is 1.45. The van der Waals surface area contributed by atoms with Gasteiger partial charge in [-0.25, -0.2) is 0 Å². The highest BCUT2D eigenvalue weighted by molar-refractivity contribution is 5.28. The van der Waals surface area contributed by atoms with E-state index >= 15 is 0 Å². The minimum Gasteiger partial charge on any atom is -0.491 e. The van der Waals surface area contributed by atoms with Gasteiger partial charge < -0.3 is 15.2 Å². The minimum absolute atomic E-state index is 0.311. The molecule has 0 aromatic heterocycles. The zero-order chi connectivity index (χ0) is 15.6. The lowest BCUT2D eigenvalue weighted by atomic mass is 10.1. The minimum atomic E-state index is -0.499. The number of benzene rings is 2. The molecule has 0 saturated carbocycles. The monoisotopic (exact) mass is 299 g/mol. The fraction of sp³-hybridized carbons (Fsp3) is 0.368. The zero-order valence-corrected chi connectivity index (χ0v) is 13.2. The summed E-state index contributed by atoms with van der Waals surface area (Å²) in [5, 5.41) is 13.2. The summed E-state index contributed by atoms with van der Waals surface area (Å²) in [7, 11) is 0. The second-order valence-corrected chi connectivity index (χ2v) is 5.41. The van der Waals surface area contributed by atoms with Crippen LogP contribution in [0, 0.1) is 0 Å². The molecule has 2 aromatic carbocycles. The van der Waals surface area contributed by atoms with Crippen LogP contribution in [0.5, 0.6) is 5.75 Å². The average Bonchev–Trinajstić information content (AvgIpc) is 2.58. The van der Waals surface area contributed by atoms with Crippen LogP contribution in [-0.4, -0.2) is 30.9 Å². The Morgan fingerprint density at radius 2 is 1.82 bits per heavy atom. The van der Waals surface area contributed by atoms with Gasteiger partial charge in [0.15, 0.2) is 0 Å². The quantitative estimate of drug-likeness (QED) is 0.700. The first-order valence-corrected chi connectivity index (χ1v) is 7.92. The van der Waals surface area contributed by atoms with Gasteiger partial charge in [0.05, 0.1) is 0 Å². The number of aliphatic hydroxyl groups is 1. The smallest absolute Gasteiger partial charge is 0.119 e. The van der Waals surface area contributed by atoms with E-state index in [0.717, 1.165) is 25.1 Å². The molecule has 0 aliphatic carbocycles. The summed E-state index contributed by atoms with van der Waals surface area (Å²) in [5.41, 5.74) is 2.55. The van der Waals surface area contributed by atoms with Crippen molar-refractivity contribution in [2.24, 2.45) is 0 Å². The van der Waals surface area contributed by atoms with E-state index in [1.165, 1.54) is 11.1 Å². The number of aliphatic hydroxyl groups excluding tert-OH is 1. The Hall–Kier alpha value is -1.84. The summed E-state index contributed by atoms with van der Waals surface area (Å²) < 4.78 is 5.64. The number of hydrogen-bond donors (Lipinski definition) is 2. The van der Waals surface area contributed by atoms with Crippen LogP contribution < -0.4 is 10.1 Å². The van der Waals surface area contributed by atoms with Crippen LogP contribution in [0.25, 0.3) is 0 Å². The van der Waals surface area contributed by atoms with Gasteiger partial charge in [-0.05, 0) is 42.6 Å². The lowest BCUT2D eigenvalue weighted by molar-refractivity contribution is 0.106. The third-order valence-electron chi connectivity index (χ3n) is 3.56. The molecule has 0 aliphatic heterocycles. The summed E-state index contributed by atoms with van der Waals surface area (Å²) in [5.74, 6) is 0.822. The van der Waals surface area contributed by atoms with Crippen molar-refractivity contribution < 1.29 is 9.84 Å². The lowest BCUT2D eigenvalue weighted by Crippen LogP contribution is -2.32. The van der Waals surface area contributed by atoms with Gasteiger partial charge in [-0.15, -0.1) is 0 Å². The van der Waals surface area contributed by atoms with E-state index in [0.29, 0.717) is 13.2 Å². The normalized spacial score (nSPS) is 12.1. The molecule has 0 unspecified atom stereocenters. The van der Waals surface area contributed by atoms with Crippen molar-refractivity contribution in [3.63, 3.8) is 0 Å². The van der Waals surface area contributed by atoms with Gasteiger partial charge in [-0.1, -0.05) is 49.4 Å². The molecule has 0 bridgehead atoms. The first kappa shape index (κ1) is 16.5. The molecule has 118 valence electrons. The van der Waals surface area contributed by atoms with Gasteiger partial charge in [-0.2, -0.15) is 0 Å². The number of ether oxygens (including phenoxy) is 1. The maximum Gasteiger partial charge on any atom is 0.119 e. The lowest BCUT2D eigenvalue weighted by Gasteiger charge is -2.14. The fourth-order valence-electron chi connectivity index (χ4n) is 2.25. The number of hydrogen-bond acceptors (Lipinski definition) is 3. The van der Waals surface area contributed by atoms with E-state index in [9.17, 15) is 5.11 Å². The summed E-state index contributed by atoms with van der Waals surface area (Å²) in [4.78, 5) is 0. The predicted octanol–water partition coefficient (Wildman–Crippen LogP) is 2.82. The Morgan fingerprint density at radius 1 is 1.05 bits per heavy atom. The highest BCUT2D eigenvalue weighted by Crippen LogP contribution is 2.13. The van der Waals surface area contributed by atoms with Gasteiger partial charge in [0.1, 0.15) is 18.5 Å². The molecule has 3 heteroatoms. The number of rotatable bonds is 9. The third kappa shape index (κ3) is 5.88. The summed E-state index contributed by atoms with van der Waals surface area (Å²) in [6.45, 7) is 3.82. The molecule has 1 atom stereocenters. The Bertz CT molecular complexity index is 542. The molecule has 22 heavy (non-hydrogen) atoms. The maximum atomic E-state index is 9.95. The van der Waals surface area contributed by atoms with Crippen LogP contribution in [0.1, 0.15) is 18.1 Å². The molecule has 0 saturated heterocycles. The summed E-state index contributed by atoms with van der Waals surface area (Å²) in [6, 6.07) is 18.3. The van der Waals surface area contributed by atoms with E-state index in [2.05, 4.69) is 30.4 Å². The SMILES string of the molecule is CCc1cccc(OC[C@@H](O)CNCCc2ccccc2)c1. The number of nitrogens with one attached hydrogen (secondary N) is 1. The second kappa shape index (κ2) is 9.23. The van der Waals surface area contributed by atoms with Crippen molar-refractivity contribution in [3.8, 4) is 5.75 Å². The molecule has 3 nitrogen and oxygen atoms in total. The molecule has 0 fully saturated rings. The molecule has 0 aliphatic rings. The Labute approximate surface area is 133 Å². The molecule has 2 rings (SSSR count). The van der Waals surface area contributed by atoms with E-state index in [1.807, 2.05) is 36.4 Å². The largest absolute Gasteiger partial charge is 0.491 e. The second-order valence-electron chi connectivity index (χ2n) is 5.41. The van der Waals surface area contributed by atoms with Crippen molar-refractivity contribution in [2.75, 3.05) is 19.7 Å². The summed E-state index contributed by atoms with van der Waals surface area (Å²) >= 11 is 0. The third-order valence-corrected chi connectivity index (χ3v) is 3.56. The highest BCUT2D eigenvalue weighted by Gasteiger charge is 2.05. The van der Waals surface area contributed by atoms with Gasteiger partial charge in [0.25, 0.3) is 0 Å². The van der Waals surface area contributed by atoms with Gasteiger partial charge in [0, 0.05) is 6.54 Å². The van der Waals surface area contributed by atoms with Crippen molar-refractivity contribution >= 4 is 0 Å². The van der Waals surface area contributed by atoms with Crippen LogP contribution in [0.3, 0.4) is 0 Å². The van der Waals surface area contributed by atoms with Crippen molar-refractivity contribution in [1.82, 2.24) is 5.32 Å². The Kier molecular flexibility index (Phi) is 6.94. The predicted molar refractivity (Wildman–Crippen MR) is 90.3 cm³/mol. The standard InChI is InChI=1S/C19H25NO2/c1-2-16-9-6-10-19(13-16)22-15-18(21)14-20-12-11-17-7-4-3-5-8-17/h3-10,13,18,20-21H,2,11-12,14-15H2,1H3/t18-/m0/s1. The van der Waals surface area contributed by atoms with Crippen LogP contribution in [0.15, 0.2) is 54.6 Å². The van der Waals surface area contributed by atoms with Crippen molar-refractivity contribution in [1.29, 1.82) is 0 Å². The molecule has 0 radical (unpaired) electrons. The van der Waals surface area contributed by atoms with E-state index in [1.54, 1.807) is 0 Å². The zero-order valence-electron chi connectivity index (χ0n) is 13.2. The average molecular weight is 299 g/mol. The fourth-order valence-corrected chi connectivity index (χ4v) is 2.25. The van der Waals surface area contributed by atoms with Gasteiger partial charge in [0.2, 0.25) is 0 Å².